The number of aryl methyl sites for hydroxylation is 2. The lowest BCUT2D eigenvalue weighted by atomic mass is 10.2. The van der Waals surface area contributed by atoms with Crippen LogP contribution in [0, 0.1) is 13.8 Å². The van der Waals surface area contributed by atoms with E-state index >= 15 is 0 Å². The van der Waals surface area contributed by atoms with Crippen LogP contribution in [0.15, 0.2) is 23.2 Å². The molecule has 1 fully saturated rings. The van der Waals surface area contributed by atoms with Crippen LogP contribution in [0.2, 0.25) is 0 Å². The Morgan fingerprint density at radius 2 is 2.04 bits per heavy atom. The summed E-state index contributed by atoms with van der Waals surface area (Å²) in [7, 11) is -6.74. The Morgan fingerprint density at radius 3 is 2.56 bits per heavy atom. The molecule has 0 aromatic carbocycles. The van der Waals surface area contributed by atoms with Gasteiger partial charge < -0.3 is 5.32 Å². The second-order valence-corrected chi connectivity index (χ2v) is 9.89. The molecule has 0 bridgehead atoms. The number of H-pyrrole nitrogens is 1. The molecule has 3 rings (SSSR count). The summed E-state index contributed by atoms with van der Waals surface area (Å²) in [6, 6.07) is 3.01. The maximum Gasteiger partial charge on any atom is 0.265 e. The van der Waals surface area contributed by atoms with Gasteiger partial charge in [-0.3, -0.25) is 9.82 Å². The Kier molecular flexibility index (Phi) is 4.45. The number of rotatable bonds is 5. The van der Waals surface area contributed by atoms with E-state index in [9.17, 15) is 16.8 Å². The molecule has 0 saturated carbocycles. The Hall–Kier alpha value is -2.14. The molecule has 1 unspecified atom stereocenters. The third-order valence-corrected chi connectivity index (χ3v) is 7.34. The van der Waals surface area contributed by atoms with Crippen LogP contribution in [0.1, 0.15) is 17.8 Å². The highest BCUT2D eigenvalue weighted by molar-refractivity contribution is 7.92. The average Bonchev–Trinajstić information content (AvgIpc) is 3.03. The lowest BCUT2D eigenvalue weighted by Gasteiger charge is -2.12. The van der Waals surface area contributed by atoms with Gasteiger partial charge in [0.15, 0.2) is 9.84 Å². The lowest BCUT2D eigenvalue weighted by Crippen LogP contribution is -2.21. The molecule has 3 heterocycles. The van der Waals surface area contributed by atoms with Gasteiger partial charge in [-0.2, -0.15) is 5.10 Å². The van der Waals surface area contributed by atoms with Crippen LogP contribution in [-0.4, -0.2) is 49.6 Å². The summed E-state index contributed by atoms with van der Waals surface area (Å²) in [5, 5.41) is 9.58. The first-order chi connectivity index (χ1) is 11.7. The van der Waals surface area contributed by atoms with Crippen molar-refractivity contribution in [2.24, 2.45) is 0 Å². The molecule has 11 heteroatoms. The molecule has 136 valence electrons. The number of pyridine rings is 1. The highest BCUT2D eigenvalue weighted by Gasteiger charge is 2.28. The molecule has 0 amide bonds. The number of aromatic amines is 1. The molecule has 25 heavy (non-hydrogen) atoms. The Bertz CT molecular complexity index is 961. The Labute approximate surface area is 146 Å². The molecule has 2 aromatic rings. The number of nitrogens with one attached hydrogen (secondary N) is 3. The number of hydrogen-bond donors (Lipinski definition) is 3. The van der Waals surface area contributed by atoms with Crippen LogP contribution in [0.3, 0.4) is 0 Å². The molecule has 9 nitrogen and oxygen atoms in total. The zero-order chi connectivity index (χ0) is 18.2. The zero-order valence-electron chi connectivity index (χ0n) is 13.8. The van der Waals surface area contributed by atoms with E-state index in [0.717, 1.165) is 0 Å². The predicted molar refractivity (Wildman–Crippen MR) is 93.8 cm³/mol. The minimum Gasteiger partial charge on any atom is -0.366 e. The van der Waals surface area contributed by atoms with Gasteiger partial charge in [-0.1, -0.05) is 0 Å². The monoisotopic (exact) mass is 385 g/mol. The van der Waals surface area contributed by atoms with Gasteiger partial charge in [0, 0.05) is 6.04 Å². The normalized spacial score (nSPS) is 19.7. The molecule has 3 N–H and O–H groups in total. The fourth-order valence-corrected chi connectivity index (χ4v) is 5.89. The highest BCUT2D eigenvalue weighted by Crippen LogP contribution is 2.22. The van der Waals surface area contributed by atoms with Crippen LogP contribution in [0.4, 0.5) is 11.5 Å². The average molecular weight is 385 g/mol. The SMILES string of the molecule is Cc1n[nH]c(C)c1S(=O)(=O)Nc1ccc(NC2CCS(=O)(=O)C2)nc1. The molecule has 1 aliphatic heterocycles. The van der Waals surface area contributed by atoms with E-state index < -0.39 is 19.9 Å². The van der Waals surface area contributed by atoms with Gasteiger partial charge in [-0.15, -0.1) is 0 Å². The van der Waals surface area contributed by atoms with Crippen molar-refractivity contribution in [3.8, 4) is 0 Å². The molecular weight excluding hydrogens is 366 g/mol. The maximum absolute atomic E-state index is 12.5. The number of nitrogens with zero attached hydrogens (tertiary/aromatic N) is 2. The molecule has 0 aliphatic carbocycles. The van der Waals surface area contributed by atoms with Crippen molar-refractivity contribution >= 4 is 31.4 Å². The van der Waals surface area contributed by atoms with Crippen LogP contribution in [-0.2, 0) is 19.9 Å². The van der Waals surface area contributed by atoms with E-state index in [1.165, 1.54) is 6.20 Å². The third-order valence-electron chi connectivity index (χ3n) is 3.93. The van der Waals surface area contributed by atoms with Crippen LogP contribution >= 0.6 is 0 Å². The first-order valence-electron chi connectivity index (χ1n) is 7.64. The largest absolute Gasteiger partial charge is 0.366 e. The van der Waals surface area contributed by atoms with Crippen LogP contribution in [0.5, 0.6) is 0 Å². The van der Waals surface area contributed by atoms with Gasteiger partial charge in [0.1, 0.15) is 10.7 Å². The fourth-order valence-electron chi connectivity index (χ4n) is 2.80. The van der Waals surface area contributed by atoms with Gasteiger partial charge in [-0.25, -0.2) is 21.8 Å². The molecular formula is C14H19N5O4S2. The number of sulfonamides is 1. The van der Waals surface area contributed by atoms with Gasteiger partial charge in [-0.05, 0) is 32.4 Å². The third kappa shape index (κ3) is 3.93. The van der Waals surface area contributed by atoms with E-state index in [4.69, 9.17) is 0 Å². The Balaban J connectivity index is 1.71. The molecule has 0 spiro atoms. The standard InChI is InChI=1S/C14H19N5O4S2/c1-9-14(10(2)18-17-9)25(22,23)19-11-3-4-13(15-7-11)16-12-5-6-24(20,21)8-12/h3-4,7,12,19H,5-6,8H2,1-2H3,(H,15,16)(H,17,18). The lowest BCUT2D eigenvalue weighted by molar-refractivity contribution is 0.599. The number of sulfone groups is 1. The topological polar surface area (TPSA) is 134 Å². The van der Waals surface area contributed by atoms with Crippen molar-refractivity contribution in [2.45, 2.75) is 31.2 Å². The smallest absolute Gasteiger partial charge is 0.265 e. The van der Waals surface area contributed by atoms with Crippen molar-refractivity contribution in [1.29, 1.82) is 0 Å². The minimum atomic E-state index is -3.77. The van der Waals surface area contributed by atoms with Gasteiger partial charge in [0.05, 0.1) is 34.8 Å². The van der Waals surface area contributed by atoms with E-state index in [0.29, 0.717) is 29.3 Å². The van der Waals surface area contributed by atoms with E-state index in [2.05, 4.69) is 25.2 Å². The molecule has 1 atom stereocenters. The van der Waals surface area contributed by atoms with Crippen molar-refractivity contribution < 1.29 is 16.8 Å². The van der Waals surface area contributed by atoms with E-state index in [1.54, 1.807) is 26.0 Å². The van der Waals surface area contributed by atoms with Crippen molar-refractivity contribution in [2.75, 3.05) is 21.5 Å². The number of hydrogen-bond acceptors (Lipinski definition) is 7. The van der Waals surface area contributed by atoms with Gasteiger partial charge >= 0.3 is 0 Å². The summed E-state index contributed by atoms with van der Waals surface area (Å²) in [6.07, 6.45) is 1.92. The second-order valence-electron chi connectivity index (χ2n) is 6.05. The number of anilines is 2. The Morgan fingerprint density at radius 1 is 1.28 bits per heavy atom. The first-order valence-corrected chi connectivity index (χ1v) is 10.9. The quantitative estimate of drug-likeness (QED) is 0.694. The zero-order valence-corrected chi connectivity index (χ0v) is 15.4. The summed E-state index contributed by atoms with van der Waals surface area (Å²) in [5.74, 6) is 0.759. The summed E-state index contributed by atoms with van der Waals surface area (Å²) >= 11 is 0. The maximum atomic E-state index is 12.5. The van der Waals surface area contributed by atoms with Crippen LogP contribution in [0.25, 0.3) is 0 Å². The van der Waals surface area contributed by atoms with Gasteiger partial charge in [0.2, 0.25) is 0 Å². The van der Waals surface area contributed by atoms with Crippen molar-refractivity contribution in [1.82, 2.24) is 15.2 Å². The minimum absolute atomic E-state index is 0.0854. The van der Waals surface area contributed by atoms with E-state index in [1.807, 2.05) is 0 Å². The fraction of sp³-hybridized carbons (Fsp3) is 0.429. The van der Waals surface area contributed by atoms with Crippen molar-refractivity contribution in [3.05, 3.63) is 29.7 Å². The second kappa shape index (κ2) is 6.30. The summed E-state index contributed by atoms with van der Waals surface area (Å²) in [4.78, 5) is 4.26. The first kappa shape index (κ1) is 17.7. The highest BCUT2D eigenvalue weighted by atomic mass is 32.2. The molecule has 0 radical (unpaired) electrons. The van der Waals surface area contributed by atoms with Crippen molar-refractivity contribution in [3.63, 3.8) is 0 Å². The summed E-state index contributed by atoms with van der Waals surface area (Å²) in [6.45, 7) is 3.24. The summed E-state index contributed by atoms with van der Waals surface area (Å²) < 4.78 is 50.3. The summed E-state index contributed by atoms with van der Waals surface area (Å²) in [5.41, 5.74) is 1.15. The van der Waals surface area contributed by atoms with E-state index in [-0.39, 0.29) is 22.4 Å². The molecule has 2 aromatic heterocycles. The predicted octanol–water partition coefficient (Wildman–Crippen LogP) is 0.821. The van der Waals surface area contributed by atoms with Gasteiger partial charge in [0.25, 0.3) is 10.0 Å². The molecule has 1 saturated heterocycles. The van der Waals surface area contributed by atoms with Crippen LogP contribution < -0.4 is 10.0 Å². The molecule has 1 aliphatic rings. The number of aromatic nitrogens is 3.